The molecule has 0 unspecified atom stereocenters. The predicted octanol–water partition coefficient (Wildman–Crippen LogP) is 1.24. The van der Waals surface area contributed by atoms with Crippen LogP contribution in [0.3, 0.4) is 0 Å². The molecule has 3 N–H and O–H groups in total. The van der Waals surface area contributed by atoms with Gasteiger partial charge >= 0.3 is 6.03 Å². The van der Waals surface area contributed by atoms with Crippen molar-refractivity contribution in [2.45, 2.75) is 13.0 Å². The third-order valence-corrected chi connectivity index (χ3v) is 3.19. The minimum Gasteiger partial charge on any atom is -0.396 e. The quantitative estimate of drug-likeness (QED) is 0.541. The first kappa shape index (κ1) is 14.4. The van der Waals surface area contributed by atoms with Crippen molar-refractivity contribution in [3.8, 4) is 0 Å². The molecule has 108 valence electrons. The van der Waals surface area contributed by atoms with E-state index in [9.17, 15) is 4.79 Å². The molecule has 0 atom stereocenters. The Bertz CT molecular complexity index is 449. The first-order valence-corrected chi connectivity index (χ1v) is 6.91. The highest BCUT2D eigenvalue weighted by Gasteiger charge is 2.07. The van der Waals surface area contributed by atoms with Gasteiger partial charge in [0.25, 0.3) is 0 Å². The van der Waals surface area contributed by atoms with Crippen molar-refractivity contribution in [1.82, 2.24) is 10.6 Å². The van der Waals surface area contributed by atoms with Gasteiger partial charge in [0.05, 0.1) is 0 Å². The zero-order chi connectivity index (χ0) is 14.2. The van der Waals surface area contributed by atoms with E-state index in [0.717, 1.165) is 18.7 Å². The van der Waals surface area contributed by atoms with Gasteiger partial charge in [0.15, 0.2) is 0 Å². The molecular formula is C15H21N3O2. The Balaban J connectivity index is 1.74. The van der Waals surface area contributed by atoms with Crippen molar-refractivity contribution in [1.29, 1.82) is 0 Å². The SMILES string of the molecule is O=C(NCCCO)NCc1ccc(N2CC=CC2)cc1. The number of anilines is 1. The third kappa shape index (κ3) is 4.28. The van der Waals surface area contributed by atoms with Crippen molar-refractivity contribution in [3.63, 3.8) is 0 Å². The number of rotatable bonds is 6. The molecule has 1 aromatic carbocycles. The number of nitrogens with zero attached hydrogens (tertiary/aromatic N) is 1. The molecule has 1 aliphatic rings. The number of hydrogen-bond acceptors (Lipinski definition) is 3. The van der Waals surface area contributed by atoms with Crippen molar-refractivity contribution in [3.05, 3.63) is 42.0 Å². The Kier molecular flexibility index (Phi) is 5.43. The average molecular weight is 275 g/mol. The molecule has 0 aromatic heterocycles. The molecule has 0 fully saturated rings. The number of urea groups is 1. The van der Waals surface area contributed by atoms with Gasteiger partial charge in [-0.2, -0.15) is 0 Å². The molecule has 0 saturated carbocycles. The van der Waals surface area contributed by atoms with Gasteiger partial charge in [0.2, 0.25) is 0 Å². The molecule has 20 heavy (non-hydrogen) atoms. The van der Waals surface area contributed by atoms with E-state index in [1.54, 1.807) is 0 Å². The summed E-state index contributed by atoms with van der Waals surface area (Å²) in [4.78, 5) is 13.7. The van der Waals surface area contributed by atoms with Gasteiger partial charge in [-0.15, -0.1) is 0 Å². The molecule has 2 rings (SSSR count). The lowest BCUT2D eigenvalue weighted by Crippen LogP contribution is -2.35. The summed E-state index contributed by atoms with van der Waals surface area (Å²) >= 11 is 0. The van der Waals surface area contributed by atoms with E-state index in [4.69, 9.17) is 5.11 Å². The maximum absolute atomic E-state index is 11.4. The summed E-state index contributed by atoms with van der Waals surface area (Å²) < 4.78 is 0. The molecule has 5 nitrogen and oxygen atoms in total. The fourth-order valence-corrected chi connectivity index (χ4v) is 2.04. The molecule has 0 bridgehead atoms. The Hall–Kier alpha value is -2.01. The van der Waals surface area contributed by atoms with Crippen molar-refractivity contribution in [2.75, 3.05) is 31.1 Å². The predicted molar refractivity (Wildman–Crippen MR) is 79.7 cm³/mol. The summed E-state index contributed by atoms with van der Waals surface area (Å²) in [6.07, 6.45) is 4.89. The van der Waals surface area contributed by atoms with E-state index in [0.29, 0.717) is 19.5 Å². The van der Waals surface area contributed by atoms with Crippen LogP contribution in [-0.2, 0) is 6.54 Å². The first-order chi connectivity index (χ1) is 9.79. The topological polar surface area (TPSA) is 64.6 Å². The summed E-state index contributed by atoms with van der Waals surface area (Å²) in [5, 5.41) is 14.1. The molecule has 1 heterocycles. The van der Waals surface area contributed by atoms with E-state index in [1.807, 2.05) is 12.1 Å². The van der Waals surface area contributed by atoms with Crippen LogP contribution in [0, 0.1) is 0 Å². The molecule has 0 saturated heterocycles. The van der Waals surface area contributed by atoms with Gasteiger partial charge < -0.3 is 20.6 Å². The fraction of sp³-hybridized carbons (Fsp3) is 0.400. The van der Waals surface area contributed by atoms with Gasteiger partial charge in [-0.1, -0.05) is 24.3 Å². The molecule has 0 radical (unpaired) electrons. The van der Waals surface area contributed by atoms with Crippen LogP contribution in [-0.4, -0.2) is 37.4 Å². The van der Waals surface area contributed by atoms with E-state index in [1.165, 1.54) is 5.69 Å². The number of amides is 2. The Morgan fingerprint density at radius 2 is 1.85 bits per heavy atom. The number of carbonyl (C=O) groups is 1. The molecule has 1 aromatic rings. The third-order valence-electron chi connectivity index (χ3n) is 3.19. The summed E-state index contributed by atoms with van der Waals surface area (Å²) in [7, 11) is 0. The van der Waals surface area contributed by atoms with Gasteiger partial charge in [-0.25, -0.2) is 4.79 Å². The Labute approximate surface area is 119 Å². The summed E-state index contributed by atoms with van der Waals surface area (Å²) in [5.74, 6) is 0. The second-order valence-corrected chi connectivity index (χ2v) is 4.73. The highest BCUT2D eigenvalue weighted by Crippen LogP contribution is 2.17. The van der Waals surface area contributed by atoms with E-state index >= 15 is 0 Å². The summed E-state index contributed by atoms with van der Waals surface area (Å²) in [6, 6.07) is 8.01. The van der Waals surface area contributed by atoms with E-state index in [2.05, 4.69) is 39.8 Å². The molecule has 1 aliphatic heterocycles. The summed E-state index contributed by atoms with van der Waals surface area (Å²) in [5.41, 5.74) is 2.27. The average Bonchev–Trinajstić information content (AvgIpc) is 3.00. The van der Waals surface area contributed by atoms with Crippen LogP contribution >= 0.6 is 0 Å². The largest absolute Gasteiger partial charge is 0.396 e. The number of hydrogen-bond donors (Lipinski definition) is 3. The Morgan fingerprint density at radius 1 is 1.15 bits per heavy atom. The van der Waals surface area contributed by atoms with Crippen LogP contribution in [0.5, 0.6) is 0 Å². The second kappa shape index (κ2) is 7.55. The Morgan fingerprint density at radius 3 is 2.50 bits per heavy atom. The van der Waals surface area contributed by atoms with Crippen LogP contribution in [0.15, 0.2) is 36.4 Å². The fourth-order valence-electron chi connectivity index (χ4n) is 2.04. The van der Waals surface area contributed by atoms with E-state index < -0.39 is 0 Å². The highest BCUT2D eigenvalue weighted by molar-refractivity contribution is 5.73. The minimum atomic E-state index is -0.203. The van der Waals surface area contributed by atoms with Crippen LogP contribution in [0.25, 0.3) is 0 Å². The normalized spacial score (nSPS) is 13.6. The zero-order valence-corrected chi connectivity index (χ0v) is 11.5. The highest BCUT2D eigenvalue weighted by atomic mass is 16.3. The van der Waals surface area contributed by atoms with Gasteiger partial charge in [-0.05, 0) is 24.1 Å². The molecule has 0 spiro atoms. The zero-order valence-electron chi connectivity index (χ0n) is 11.5. The van der Waals surface area contributed by atoms with E-state index in [-0.39, 0.29) is 12.6 Å². The van der Waals surface area contributed by atoms with Crippen LogP contribution in [0.2, 0.25) is 0 Å². The lowest BCUT2D eigenvalue weighted by molar-refractivity contribution is 0.238. The minimum absolute atomic E-state index is 0.0904. The molecular weight excluding hydrogens is 254 g/mol. The van der Waals surface area contributed by atoms with Gasteiger partial charge in [0.1, 0.15) is 0 Å². The van der Waals surface area contributed by atoms with Gasteiger partial charge in [-0.3, -0.25) is 0 Å². The van der Waals surface area contributed by atoms with Crippen LogP contribution in [0.4, 0.5) is 10.5 Å². The number of carbonyl (C=O) groups excluding carboxylic acids is 1. The lowest BCUT2D eigenvalue weighted by atomic mass is 10.2. The number of aliphatic hydroxyl groups excluding tert-OH is 1. The lowest BCUT2D eigenvalue weighted by Gasteiger charge is -2.17. The standard InChI is InChI=1S/C15H21N3O2/c19-11-3-8-16-15(20)17-12-13-4-6-14(7-5-13)18-9-1-2-10-18/h1-2,4-7,19H,3,8-12H2,(H2,16,17,20). The van der Waals surface area contributed by atoms with Gasteiger partial charge in [0, 0.05) is 38.5 Å². The maximum Gasteiger partial charge on any atom is 0.315 e. The maximum atomic E-state index is 11.4. The van der Waals surface area contributed by atoms with Crippen LogP contribution < -0.4 is 15.5 Å². The van der Waals surface area contributed by atoms with Crippen molar-refractivity contribution < 1.29 is 9.90 Å². The monoisotopic (exact) mass is 275 g/mol. The number of aliphatic hydroxyl groups is 1. The number of nitrogens with one attached hydrogen (secondary N) is 2. The molecule has 0 aliphatic carbocycles. The second-order valence-electron chi connectivity index (χ2n) is 4.73. The summed E-state index contributed by atoms with van der Waals surface area (Å²) in [6.45, 7) is 3.01. The van der Waals surface area contributed by atoms with Crippen molar-refractivity contribution in [2.24, 2.45) is 0 Å². The van der Waals surface area contributed by atoms with Crippen LogP contribution in [0.1, 0.15) is 12.0 Å². The van der Waals surface area contributed by atoms with Crippen molar-refractivity contribution >= 4 is 11.7 Å². The molecule has 2 amide bonds. The molecule has 5 heteroatoms. The smallest absolute Gasteiger partial charge is 0.315 e. The number of benzene rings is 1. The first-order valence-electron chi connectivity index (χ1n) is 6.91.